The fourth-order valence-corrected chi connectivity index (χ4v) is 3.98. The van der Waals surface area contributed by atoms with Crippen LogP contribution in [0.4, 0.5) is 17.1 Å². The normalized spacial score (nSPS) is 13.7. The minimum absolute atomic E-state index is 0.145. The van der Waals surface area contributed by atoms with Gasteiger partial charge in [-0.3, -0.25) is 14.9 Å². The first-order valence-corrected chi connectivity index (χ1v) is 10.9. The van der Waals surface area contributed by atoms with Crippen molar-refractivity contribution in [3.63, 3.8) is 0 Å². The van der Waals surface area contributed by atoms with E-state index in [1.54, 1.807) is 48.5 Å². The number of aromatic nitrogens is 1. The predicted octanol–water partition coefficient (Wildman–Crippen LogP) is 5.15. The molecule has 9 nitrogen and oxygen atoms in total. The lowest BCUT2D eigenvalue weighted by Gasteiger charge is -2.30. The number of carbonyl (C=O) groups is 1. The zero-order valence-corrected chi connectivity index (χ0v) is 18.6. The second kappa shape index (κ2) is 9.12. The van der Waals surface area contributed by atoms with Gasteiger partial charge in [0.1, 0.15) is 5.52 Å². The molecule has 1 aliphatic rings. The summed E-state index contributed by atoms with van der Waals surface area (Å²) in [6, 6.07) is 16.5. The topological polar surface area (TPSA) is 111 Å². The molecule has 1 aromatic heterocycles. The Balaban J connectivity index is 1.39. The number of halogens is 1. The number of hydrogen-bond acceptors (Lipinski definition) is 7. The van der Waals surface area contributed by atoms with Crippen LogP contribution in [0.1, 0.15) is 10.4 Å². The monoisotopic (exact) mass is 478 g/mol. The van der Waals surface area contributed by atoms with Gasteiger partial charge in [0.05, 0.1) is 29.4 Å². The Morgan fingerprint density at radius 2 is 1.82 bits per heavy atom. The Kier molecular flexibility index (Phi) is 5.87. The number of nitro benzene ring substituents is 1. The average Bonchev–Trinajstić information content (AvgIpc) is 3.28. The molecular weight excluding hydrogens is 460 g/mol. The quantitative estimate of drug-likeness (QED) is 0.312. The van der Waals surface area contributed by atoms with Crippen LogP contribution in [-0.4, -0.2) is 42.1 Å². The summed E-state index contributed by atoms with van der Waals surface area (Å²) in [7, 11) is 0. The maximum absolute atomic E-state index is 13.1. The summed E-state index contributed by atoms with van der Waals surface area (Å²) in [5, 5.41) is 14.7. The number of carbonyl (C=O) groups excluding carboxylic acids is 1. The molecule has 3 aromatic carbocycles. The van der Waals surface area contributed by atoms with E-state index in [4.69, 9.17) is 20.8 Å². The van der Waals surface area contributed by atoms with E-state index in [0.717, 1.165) is 5.56 Å². The molecule has 0 atom stereocenters. The molecule has 0 spiro atoms. The van der Waals surface area contributed by atoms with E-state index in [0.29, 0.717) is 59.7 Å². The van der Waals surface area contributed by atoms with Crippen LogP contribution in [-0.2, 0) is 4.74 Å². The number of hydrogen-bond donors (Lipinski definition) is 1. The van der Waals surface area contributed by atoms with Crippen molar-refractivity contribution in [2.45, 2.75) is 0 Å². The number of anilines is 2. The van der Waals surface area contributed by atoms with E-state index in [9.17, 15) is 14.9 Å². The van der Waals surface area contributed by atoms with Crippen molar-refractivity contribution >= 4 is 45.7 Å². The third-order valence-corrected chi connectivity index (χ3v) is 5.76. The summed E-state index contributed by atoms with van der Waals surface area (Å²) >= 11 is 6.01. The van der Waals surface area contributed by atoms with E-state index in [-0.39, 0.29) is 11.3 Å². The van der Waals surface area contributed by atoms with Crippen molar-refractivity contribution in [3.05, 3.63) is 81.4 Å². The smallest absolute Gasteiger partial charge is 0.270 e. The highest BCUT2D eigenvalue weighted by Crippen LogP contribution is 2.29. The summed E-state index contributed by atoms with van der Waals surface area (Å²) < 4.78 is 11.2. The van der Waals surface area contributed by atoms with Gasteiger partial charge >= 0.3 is 0 Å². The van der Waals surface area contributed by atoms with Crippen LogP contribution in [0.25, 0.3) is 22.6 Å². The Morgan fingerprint density at radius 1 is 1.06 bits per heavy atom. The van der Waals surface area contributed by atoms with Crippen LogP contribution < -0.4 is 10.2 Å². The molecule has 1 aliphatic heterocycles. The number of nitro groups is 1. The third-order valence-electron chi connectivity index (χ3n) is 5.53. The molecule has 4 aromatic rings. The van der Waals surface area contributed by atoms with Gasteiger partial charge in [-0.15, -0.1) is 0 Å². The van der Waals surface area contributed by atoms with Crippen molar-refractivity contribution in [3.8, 4) is 11.5 Å². The lowest BCUT2D eigenvalue weighted by Crippen LogP contribution is -2.37. The van der Waals surface area contributed by atoms with Crippen molar-refractivity contribution < 1.29 is 18.9 Å². The van der Waals surface area contributed by atoms with Crippen LogP contribution in [0.5, 0.6) is 0 Å². The molecular formula is C24H19ClN4O5. The van der Waals surface area contributed by atoms with E-state index in [1.807, 2.05) is 4.90 Å². The maximum Gasteiger partial charge on any atom is 0.270 e. The molecule has 10 heteroatoms. The van der Waals surface area contributed by atoms with Gasteiger partial charge in [0.2, 0.25) is 5.89 Å². The van der Waals surface area contributed by atoms with Gasteiger partial charge < -0.3 is 19.4 Å². The van der Waals surface area contributed by atoms with Gasteiger partial charge in [-0.2, -0.15) is 0 Å². The van der Waals surface area contributed by atoms with Crippen molar-refractivity contribution in [2.75, 3.05) is 36.5 Å². The number of morpholine rings is 1. The number of amides is 1. The highest BCUT2D eigenvalue weighted by atomic mass is 35.5. The molecule has 1 N–H and O–H groups in total. The molecule has 0 bridgehead atoms. The predicted molar refractivity (Wildman–Crippen MR) is 129 cm³/mol. The van der Waals surface area contributed by atoms with Crippen LogP contribution in [0.2, 0.25) is 5.02 Å². The lowest BCUT2D eigenvalue weighted by atomic mass is 10.1. The first-order valence-electron chi connectivity index (χ1n) is 10.6. The molecule has 0 aliphatic carbocycles. The standard InChI is InChI=1S/C24H19ClN4O5/c25-16-3-8-22-20(13-16)27-24(34-22)15-1-4-17(5-2-15)26-23(30)19-14-18(29(31)32)6-7-21(19)28-9-11-33-12-10-28/h1-8,13-14H,9-12H2,(H,26,30). The minimum Gasteiger partial charge on any atom is -0.436 e. The molecule has 2 heterocycles. The van der Waals surface area contributed by atoms with Gasteiger partial charge in [0.15, 0.2) is 5.58 Å². The molecule has 1 fully saturated rings. The number of nitrogens with zero attached hydrogens (tertiary/aromatic N) is 3. The highest BCUT2D eigenvalue weighted by Gasteiger charge is 2.22. The van der Waals surface area contributed by atoms with Crippen molar-refractivity contribution in [1.29, 1.82) is 0 Å². The van der Waals surface area contributed by atoms with Crippen LogP contribution in [0, 0.1) is 10.1 Å². The average molecular weight is 479 g/mol. The molecule has 1 amide bonds. The number of ether oxygens (including phenoxy) is 1. The fourth-order valence-electron chi connectivity index (χ4n) is 3.82. The summed E-state index contributed by atoms with van der Waals surface area (Å²) in [6.07, 6.45) is 0. The lowest BCUT2D eigenvalue weighted by molar-refractivity contribution is -0.384. The van der Waals surface area contributed by atoms with E-state index in [2.05, 4.69) is 10.3 Å². The van der Waals surface area contributed by atoms with Gasteiger partial charge in [-0.25, -0.2) is 4.98 Å². The van der Waals surface area contributed by atoms with Gasteiger partial charge in [-0.05, 0) is 48.5 Å². The maximum atomic E-state index is 13.1. The van der Waals surface area contributed by atoms with E-state index < -0.39 is 10.8 Å². The number of nitrogens with one attached hydrogen (secondary N) is 1. The Hall–Kier alpha value is -3.95. The summed E-state index contributed by atoms with van der Waals surface area (Å²) in [4.78, 5) is 30.3. The highest BCUT2D eigenvalue weighted by molar-refractivity contribution is 6.31. The molecule has 1 saturated heterocycles. The number of rotatable bonds is 5. The fraction of sp³-hybridized carbons (Fsp3) is 0.167. The van der Waals surface area contributed by atoms with Gasteiger partial charge in [0.25, 0.3) is 11.6 Å². The molecule has 172 valence electrons. The minimum atomic E-state index is -0.512. The van der Waals surface area contributed by atoms with Gasteiger partial charge in [0, 0.05) is 41.5 Å². The number of benzene rings is 3. The second-order valence-electron chi connectivity index (χ2n) is 7.72. The molecule has 0 saturated carbocycles. The third kappa shape index (κ3) is 4.43. The first-order chi connectivity index (χ1) is 16.5. The summed E-state index contributed by atoms with van der Waals surface area (Å²) in [5.74, 6) is -0.00197. The van der Waals surface area contributed by atoms with Crippen LogP contribution >= 0.6 is 11.6 Å². The van der Waals surface area contributed by atoms with E-state index in [1.165, 1.54) is 12.1 Å². The number of fused-ring (bicyclic) bond motifs is 1. The van der Waals surface area contributed by atoms with Crippen LogP contribution in [0.3, 0.4) is 0 Å². The Labute approximate surface area is 199 Å². The zero-order valence-electron chi connectivity index (χ0n) is 17.9. The zero-order chi connectivity index (χ0) is 23.7. The Morgan fingerprint density at radius 3 is 2.56 bits per heavy atom. The van der Waals surface area contributed by atoms with Crippen molar-refractivity contribution in [2.24, 2.45) is 0 Å². The second-order valence-corrected chi connectivity index (χ2v) is 8.16. The SMILES string of the molecule is O=C(Nc1ccc(-c2nc3cc(Cl)ccc3o2)cc1)c1cc([N+](=O)[O-])ccc1N1CCOCC1. The summed E-state index contributed by atoms with van der Waals surface area (Å²) in [5.41, 5.74) is 3.26. The van der Waals surface area contributed by atoms with Crippen LogP contribution in [0.15, 0.2) is 65.1 Å². The van der Waals surface area contributed by atoms with Gasteiger partial charge in [-0.1, -0.05) is 11.6 Å². The van der Waals surface area contributed by atoms with Crippen molar-refractivity contribution in [1.82, 2.24) is 4.98 Å². The largest absolute Gasteiger partial charge is 0.436 e. The Bertz CT molecular complexity index is 1380. The molecule has 5 rings (SSSR count). The number of oxazole rings is 1. The number of non-ortho nitro benzene ring substituents is 1. The molecule has 0 radical (unpaired) electrons. The first kappa shape index (κ1) is 21.9. The molecule has 34 heavy (non-hydrogen) atoms. The molecule has 0 unspecified atom stereocenters. The van der Waals surface area contributed by atoms with E-state index >= 15 is 0 Å². The summed E-state index contributed by atoms with van der Waals surface area (Å²) in [6.45, 7) is 2.26.